The molecule has 1 aromatic rings. The van der Waals surface area contributed by atoms with E-state index in [4.69, 9.17) is 0 Å². The Labute approximate surface area is 161 Å². The maximum atomic E-state index is 12.8. The Hall–Kier alpha value is -1.93. The van der Waals surface area contributed by atoms with Crippen LogP contribution in [0.2, 0.25) is 0 Å². The predicted molar refractivity (Wildman–Crippen MR) is 107 cm³/mol. The molecule has 7 nitrogen and oxygen atoms in total. The van der Waals surface area contributed by atoms with E-state index in [1.165, 1.54) is 0 Å². The maximum Gasteiger partial charge on any atom is 0.251 e. The molecule has 0 bridgehead atoms. The van der Waals surface area contributed by atoms with Gasteiger partial charge in [-0.1, -0.05) is 6.92 Å². The number of anilines is 1. The summed E-state index contributed by atoms with van der Waals surface area (Å²) in [6.45, 7) is 6.85. The third kappa shape index (κ3) is 4.87. The zero-order valence-corrected chi connectivity index (χ0v) is 17.2. The Bertz CT molecular complexity index is 795. The number of benzene rings is 1. The van der Waals surface area contributed by atoms with Crippen LogP contribution in [-0.4, -0.2) is 49.9 Å². The van der Waals surface area contributed by atoms with Gasteiger partial charge < -0.3 is 16.0 Å². The first kappa shape index (κ1) is 21.4. The van der Waals surface area contributed by atoms with Gasteiger partial charge in [0, 0.05) is 23.0 Å². The molecule has 2 amide bonds. The number of rotatable bonds is 6. The minimum absolute atomic E-state index is 0.189. The van der Waals surface area contributed by atoms with Gasteiger partial charge in [0.2, 0.25) is 5.91 Å². The van der Waals surface area contributed by atoms with E-state index in [1.807, 2.05) is 20.8 Å². The number of hydrogen-bond acceptors (Lipinski definition) is 5. The molecule has 1 heterocycles. The fourth-order valence-electron chi connectivity index (χ4n) is 3.01. The van der Waals surface area contributed by atoms with E-state index in [1.54, 1.807) is 24.3 Å². The average Bonchev–Trinajstić information content (AvgIpc) is 2.61. The number of hydrogen-bond donors (Lipinski definition) is 3. The van der Waals surface area contributed by atoms with Crippen molar-refractivity contribution in [2.45, 2.75) is 50.3 Å². The lowest BCUT2D eigenvalue weighted by atomic mass is 9.95. The molecule has 0 saturated carbocycles. The van der Waals surface area contributed by atoms with Crippen molar-refractivity contribution >= 4 is 27.3 Å². The SMILES string of the molecule is CCC(C)(C)NC(=O)c1ccc(NC(=O)C2(S(C)(=O)=O)CCNCC2)cc1. The van der Waals surface area contributed by atoms with Gasteiger partial charge in [-0.25, -0.2) is 8.42 Å². The zero-order chi connectivity index (χ0) is 20.3. The number of piperidine rings is 1. The molecule has 0 radical (unpaired) electrons. The van der Waals surface area contributed by atoms with Crippen molar-refractivity contribution < 1.29 is 18.0 Å². The number of amides is 2. The van der Waals surface area contributed by atoms with E-state index in [-0.39, 0.29) is 24.3 Å². The van der Waals surface area contributed by atoms with Gasteiger partial charge in [-0.2, -0.15) is 0 Å². The van der Waals surface area contributed by atoms with E-state index in [0.717, 1.165) is 12.7 Å². The highest BCUT2D eigenvalue weighted by Crippen LogP contribution is 2.29. The summed E-state index contributed by atoms with van der Waals surface area (Å²) in [7, 11) is -3.57. The Balaban J connectivity index is 2.13. The standard InChI is InChI=1S/C19H29N3O4S/c1-5-18(2,3)22-16(23)14-6-8-15(9-7-14)21-17(24)19(27(4,25)26)10-12-20-13-11-19/h6-9,20H,5,10-13H2,1-4H3,(H,21,24)(H,22,23). The second-order valence-corrected chi connectivity index (χ2v) is 10.1. The number of carbonyl (C=O) groups is 2. The van der Waals surface area contributed by atoms with Crippen LogP contribution in [0, 0.1) is 0 Å². The lowest BCUT2D eigenvalue weighted by Crippen LogP contribution is -2.55. The minimum atomic E-state index is -3.57. The van der Waals surface area contributed by atoms with E-state index in [0.29, 0.717) is 24.3 Å². The quantitative estimate of drug-likeness (QED) is 0.680. The molecular formula is C19H29N3O4S. The summed E-state index contributed by atoms with van der Waals surface area (Å²) in [5.41, 5.74) is 0.642. The molecule has 3 N–H and O–H groups in total. The molecule has 0 unspecified atom stereocenters. The smallest absolute Gasteiger partial charge is 0.251 e. The third-order valence-corrected chi connectivity index (χ3v) is 7.29. The van der Waals surface area contributed by atoms with Gasteiger partial charge in [-0.15, -0.1) is 0 Å². The van der Waals surface area contributed by atoms with Gasteiger partial charge in [0.15, 0.2) is 14.6 Å². The van der Waals surface area contributed by atoms with Gasteiger partial charge in [0.25, 0.3) is 5.91 Å². The molecule has 2 rings (SSSR count). The molecule has 0 atom stereocenters. The molecule has 0 aromatic heterocycles. The Morgan fingerprint density at radius 3 is 2.19 bits per heavy atom. The molecule has 0 aliphatic carbocycles. The fourth-order valence-corrected chi connectivity index (χ4v) is 4.35. The lowest BCUT2D eigenvalue weighted by Gasteiger charge is -2.34. The van der Waals surface area contributed by atoms with Gasteiger partial charge >= 0.3 is 0 Å². The maximum absolute atomic E-state index is 12.8. The summed E-state index contributed by atoms with van der Waals surface area (Å²) in [6.07, 6.45) is 2.39. The van der Waals surface area contributed by atoms with Crippen LogP contribution < -0.4 is 16.0 Å². The van der Waals surface area contributed by atoms with Crippen LogP contribution in [0.3, 0.4) is 0 Å². The molecule has 1 saturated heterocycles. The van der Waals surface area contributed by atoms with Crippen molar-refractivity contribution in [3.8, 4) is 0 Å². The van der Waals surface area contributed by atoms with Crippen molar-refractivity contribution in [2.75, 3.05) is 24.7 Å². The highest BCUT2D eigenvalue weighted by molar-refractivity contribution is 7.92. The van der Waals surface area contributed by atoms with Gasteiger partial charge in [-0.3, -0.25) is 9.59 Å². The van der Waals surface area contributed by atoms with E-state index in [9.17, 15) is 18.0 Å². The Morgan fingerprint density at radius 1 is 1.15 bits per heavy atom. The van der Waals surface area contributed by atoms with E-state index >= 15 is 0 Å². The largest absolute Gasteiger partial charge is 0.347 e. The number of nitrogens with one attached hydrogen (secondary N) is 3. The Kier molecular flexibility index (Phi) is 6.32. The van der Waals surface area contributed by atoms with Crippen LogP contribution in [0.15, 0.2) is 24.3 Å². The number of carbonyl (C=O) groups excluding carboxylic acids is 2. The summed E-state index contributed by atoms with van der Waals surface area (Å²) in [4.78, 5) is 25.1. The third-order valence-electron chi connectivity index (χ3n) is 5.28. The first-order valence-electron chi connectivity index (χ1n) is 9.15. The molecule has 0 spiro atoms. The van der Waals surface area contributed by atoms with Gasteiger partial charge in [-0.05, 0) is 70.5 Å². The molecule has 27 heavy (non-hydrogen) atoms. The normalized spacial score (nSPS) is 17.2. The van der Waals surface area contributed by atoms with E-state index in [2.05, 4.69) is 16.0 Å². The summed E-state index contributed by atoms with van der Waals surface area (Å²) < 4.78 is 23.2. The molecule has 8 heteroatoms. The van der Waals surface area contributed by atoms with Crippen LogP contribution in [0.25, 0.3) is 0 Å². The summed E-state index contributed by atoms with van der Waals surface area (Å²) in [5.74, 6) is -0.707. The average molecular weight is 396 g/mol. The highest BCUT2D eigenvalue weighted by atomic mass is 32.2. The summed E-state index contributed by atoms with van der Waals surface area (Å²) >= 11 is 0. The zero-order valence-electron chi connectivity index (χ0n) is 16.4. The monoisotopic (exact) mass is 395 g/mol. The van der Waals surface area contributed by atoms with Gasteiger partial charge in [0.1, 0.15) is 0 Å². The second kappa shape index (κ2) is 7.98. The van der Waals surface area contributed by atoms with Crippen LogP contribution >= 0.6 is 0 Å². The molecular weight excluding hydrogens is 366 g/mol. The highest BCUT2D eigenvalue weighted by Gasteiger charge is 2.48. The molecule has 150 valence electrons. The summed E-state index contributed by atoms with van der Waals surface area (Å²) in [5, 5.41) is 8.74. The summed E-state index contributed by atoms with van der Waals surface area (Å²) in [6, 6.07) is 6.46. The minimum Gasteiger partial charge on any atom is -0.347 e. The van der Waals surface area contributed by atoms with Crippen LogP contribution in [0.5, 0.6) is 0 Å². The molecule has 1 aliphatic rings. The molecule has 1 aliphatic heterocycles. The fraction of sp³-hybridized carbons (Fsp3) is 0.579. The first-order chi connectivity index (χ1) is 12.5. The van der Waals surface area contributed by atoms with Crippen molar-refractivity contribution in [1.82, 2.24) is 10.6 Å². The van der Waals surface area contributed by atoms with Gasteiger partial charge in [0.05, 0.1) is 0 Å². The number of sulfone groups is 1. The van der Waals surface area contributed by atoms with Crippen molar-refractivity contribution in [3.63, 3.8) is 0 Å². The Morgan fingerprint density at radius 2 is 1.70 bits per heavy atom. The van der Waals surface area contributed by atoms with Crippen LogP contribution in [0.1, 0.15) is 50.4 Å². The lowest BCUT2D eigenvalue weighted by molar-refractivity contribution is -0.119. The first-order valence-corrected chi connectivity index (χ1v) is 11.0. The topological polar surface area (TPSA) is 104 Å². The van der Waals surface area contributed by atoms with Crippen LogP contribution in [0.4, 0.5) is 5.69 Å². The van der Waals surface area contributed by atoms with Crippen molar-refractivity contribution in [1.29, 1.82) is 0 Å². The van der Waals surface area contributed by atoms with Crippen molar-refractivity contribution in [3.05, 3.63) is 29.8 Å². The predicted octanol–water partition coefficient (Wildman–Crippen LogP) is 1.71. The van der Waals surface area contributed by atoms with E-state index < -0.39 is 20.5 Å². The van der Waals surface area contributed by atoms with Crippen molar-refractivity contribution in [2.24, 2.45) is 0 Å². The molecule has 1 fully saturated rings. The molecule has 1 aromatic carbocycles. The van der Waals surface area contributed by atoms with Crippen LogP contribution in [-0.2, 0) is 14.6 Å². The second-order valence-electron chi connectivity index (χ2n) is 7.74.